The van der Waals surface area contributed by atoms with Gasteiger partial charge < -0.3 is 15.4 Å². The highest BCUT2D eigenvalue weighted by Gasteiger charge is 2.32. The molecule has 1 amide bonds. The van der Waals surface area contributed by atoms with Crippen molar-refractivity contribution in [1.82, 2.24) is 10.6 Å². The molecule has 0 aliphatic heterocycles. The fraction of sp³-hybridized carbons (Fsp3) is 0.741. The molecule has 2 aliphatic carbocycles. The van der Waals surface area contributed by atoms with Gasteiger partial charge in [-0.25, -0.2) is 0 Å². The first-order valence-corrected chi connectivity index (χ1v) is 12.6. The molecular weight excluding hydrogens is 384 g/mol. The molecule has 1 atom stereocenters. The Morgan fingerprint density at radius 2 is 1.71 bits per heavy atom. The summed E-state index contributed by atoms with van der Waals surface area (Å²) >= 11 is 0. The standard InChI is InChI=1S/C27H44N2O2/c1-27(2,23-12-8-5-9-13-23)20-29-26(30)25(28-3)18-21-14-16-24(17-15-21)31-19-22-10-6-4-7-11-22/h4,6-7,10-11,21,23-25,28H,5,8-9,12-20H2,1-3H3,(H,29,30). The molecule has 2 aliphatic rings. The molecule has 2 N–H and O–H groups in total. The molecule has 2 saturated carbocycles. The topological polar surface area (TPSA) is 50.4 Å². The molecule has 0 aromatic heterocycles. The Labute approximate surface area is 189 Å². The number of carbonyl (C=O) groups is 1. The zero-order valence-corrected chi connectivity index (χ0v) is 20.0. The summed E-state index contributed by atoms with van der Waals surface area (Å²) in [7, 11) is 1.92. The van der Waals surface area contributed by atoms with E-state index in [0.717, 1.165) is 44.6 Å². The van der Waals surface area contributed by atoms with Gasteiger partial charge in [0.25, 0.3) is 0 Å². The van der Waals surface area contributed by atoms with Crippen LogP contribution in [0.25, 0.3) is 0 Å². The van der Waals surface area contributed by atoms with Crippen molar-refractivity contribution in [3.63, 3.8) is 0 Å². The van der Waals surface area contributed by atoms with Gasteiger partial charge in [0.1, 0.15) is 0 Å². The second kappa shape index (κ2) is 12.0. The Kier molecular flexibility index (Phi) is 9.40. The zero-order valence-electron chi connectivity index (χ0n) is 20.0. The van der Waals surface area contributed by atoms with Crippen LogP contribution in [0, 0.1) is 17.3 Å². The lowest BCUT2D eigenvalue weighted by Gasteiger charge is -2.37. The second-order valence-electron chi connectivity index (χ2n) is 10.6. The van der Waals surface area contributed by atoms with Crippen LogP contribution < -0.4 is 10.6 Å². The first-order valence-electron chi connectivity index (χ1n) is 12.6. The van der Waals surface area contributed by atoms with Crippen LogP contribution in [0.2, 0.25) is 0 Å². The fourth-order valence-corrected chi connectivity index (χ4v) is 5.48. The first kappa shape index (κ1) is 24.3. The van der Waals surface area contributed by atoms with Gasteiger partial charge in [0.15, 0.2) is 0 Å². The molecule has 3 rings (SSSR count). The molecular formula is C27H44N2O2. The van der Waals surface area contributed by atoms with E-state index in [2.05, 4.69) is 48.7 Å². The molecule has 0 bridgehead atoms. The highest BCUT2D eigenvalue weighted by molar-refractivity contribution is 5.81. The summed E-state index contributed by atoms with van der Waals surface area (Å²) in [5.74, 6) is 1.51. The Balaban J connectivity index is 1.37. The summed E-state index contributed by atoms with van der Waals surface area (Å²) in [6.07, 6.45) is 12.5. The van der Waals surface area contributed by atoms with Crippen molar-refractivity contribution in [2.45, 2.75) is 96.8 Å². The van der Waals surface area contributed by atoms with Crippen LogP contribution in [0.3, 0.4) is 0 Å². The summed E-state index contributed by atoms with van der Waals surface area (Å²) in [5.41, 5.74) is 1.43. The van der Waals surface area contributed by atoms with E-state index in [1.807, 2.05) is 13.1 Å². The van der Waals surface area contributed by atoms with Crippen LogP contribution in [0.5, 0.6) is 0 Å². The molecule has 1 aromatic carbocycles. The third-order valence-corrected chi connectivity index (χ3v) is 7.78. The minimum Gasteiger partial charge on any atom is -0.374 e. The predicted octanol–water partition coefficient (Wildman–Crippen LogP) is 5.46. The van der Waals surface area contributed by atoms with Crippen LogP contribution in [0.15, 0.2) is 30.3 Å². The predicted molar refractivity (Wildman–Crippen MR) is 128 cm³/mol. The number of hydrogen-bond acceptors (Lipinski definition) is 3. The van der Waals surface area contributed by atoms with Crippen molar-refractivity contribution in [2.24, 2.45) is 17.3 Å². The average Bonchev–Trinajstić information content (AvgIpc) is 2.81. The Hall–Kier alpha value is -1.39. The molecule has 4 heteroatoms. The van der Waals surface area contributed by atoms with Crippen LogP contribution in [-0.4, -0.2) is 31.6 Å². The summed E-state index contributed by atoms with van der Waals surface area (Å²) in [6.45, 7) is 6.14. The molecule has 31 heavy (non-hydrogen) atoms. The van der Waals surface area contributed by atoms with E-state index in [0.29, 0.717) is 18.6 Å². The number of benzene rings is 1. The molecule has 1 unspecified atom stereocenters. The van der Waals surface area contributed by atoms with Crippen molar-refractivity contribution in [2.75, 3.05) is 13.6 Å². The van der Waals surface area contributed by atoms with Gasteiger partial charge in [0.2, 0.25) is 5.91 Å². The minimum absolute atomic E-state index is 0.0889. The molecule has 0 heterocycles. The normalized spacial score (nSPS) is 24.0. The third kappa shape index (κ3) is 7.61. The van der Waals surface area contributed by atoms with Gasteiger partial charge in [0.05, 0.1) is 18.8 Å². The van der Waals surface area contributed by atoms with Crippen LogP contribution in [0.4, 0.5) is 0 Å². The quantitative estimate of drug-likeness (QED) is 0.520. The first-order chi connectivity index (χ1) is 15.0. The summed E-state index contributed by atoms with van der Waals surface area (Å²) < 4.78 is 6.13. The molecule has 0 saturated heterocycles. The molecule has 2 fully saturated rings. The van der Waals surface area contributed by atoms with Crippen molar-refractivity contribution < 1.29 is 9.53 Å². The van der Waals surface area contributed by atoms with Crippen molar-refractivity contribution in [1.29, 1.82) is 0 Å². The maximum Gasteiger partial charge on any atom is 0.237 e. The Bertz CT molecular complexity index is 646. The lowest BCUT2D eigenvalue weighted by Crippen LogP contribution is -2.48. The monoisotopic (exact) mass is 428 g/mol. The van der Waals surface area contributed by atoms with E-state index in [4.69, 9.17) is 4.74 Å². The van der Waals surface area contributed by atoms with Crippen LogP contribution >= 0.6 is 0 Å². The molecule has 1 aromatic rings. The SMILES string of the molecule is CNC(CC1CCC(OCc2ccccc2)CC1)C(=O)NCC(C)(C)C1CCCCC1. The van der Waals surface area contributed by atoms with E-state index >= 15 is 0 Å². The van der Waals surface area contributed by atoms with E-state index in [9.17, 15) is 4.79 Å². The van der Waals surface area contributed by atoms with Crippen LogP contribution in [-0.2, 0) is 16.1 Å². The second-order valence-corrected chi connectivity index (χ2v) is 10.6. The van der Waals surface area contributed by atoms with Crippen LogP contribution in [0.1, 0.15) is 83.6 Å². The lowest BCUT2D eigenvalue weighted by atomic mass is 9.71. The van der Waals surface area contributed by atoms with Gasteiger partial charge in [0, 0.05) is 6.54 Å². The van der Waals surface area contributed by atoms with Crippen molar-refractivity contribution in [3.05, 3.63) is 35.9 Å². The molecule has 0 radical (unpaired) electrons. The lowest BCUT2D eigenvalue weighted by molar-refractivity contribution is -0.124. The van der Waals surface area contributed by atoms with Gasteiger partial charge >= 0.3 is 0 Å². The van der Waals surface area contributed by atoms with E-state index in [-0.39, 0.29) is 17.4 Å². The van der Waals surface area contributed by atoms with Crippen molar-refractivity contribution in [3.8, 4) is 0 Å². The third-order valence-electron chi connectivity index (χ3n) is 7.78. The number of nitrogens with one attached hydrogen (secondary N) is 2. The smallest absolute Gasteiger partial charge is 0.237 e. The largest absolute Gasteiger partial charge is 0.374 e. The van der Waals surface area contributed by atoms with E-state index in [1.165, 1.54) is 37.7 Å². The fourth-order valence-electron chi connectivity index (χ4n) is 5.48. The number of hydrogen-bond donors (Lipinski definition) is 2. The van der Waals surface area contributed by atoms with Gasteiger partial charge in [-0.3, -0.25) is 4.79 Å². The summed E-state index contributed by atoms with van der Waals surface area (Å²) in [5, 5.41) is 6.56. The molecule has 0 spiro atoms. The van der Waals surface area contributed by atoms with Gasteiger partial charge in [-0.05, 0) is 74.8 Å². The van der Waals surface area contributed by atoms with Gasteiger partial charge in [-0.1, -0.05) is 63.4 Å². The van der Waals surface area contributed by atoms with E-state index in [1.54, 1.807) is 0 Å². The minimum atomic E-state index is -0.0889. The number of amides is 1. The zero-order chi connectivity index (χ0) is 22.1. The highest BCUT2D eigenvalue weighted by Crippen LogP contribution is 2.37. The maximum absolute atomic E-state index is 12.9. The summed E-state index contributed by atoms with van der Waals surface area (Å²) in [6, 6.07) is 10.3. The summed E-state index contributed by atoms with van der Waals surface area (Å²) in [4.78, 5) is 12.9. The number of ether oxygens (including phenoxy) is 1. The average molecular weight is 429 g/mol. The number of rotatable bonds is 10. The Morgan fingerprint density at radius 3 is 2.35 bits per heavy atom. The van der Waals surface area contributed by atoms with E-state index < -0.39 is 0 Å². The maximum atomic E-state index is 12.9. The van der Waals surface area contributed by atoms with Gasteiger partial charge in [-0.15, -0.1) is 0 Å². The van der Waals surface area contributed by atoms with Gasteiger partial charge in [-0.2, -0.15) is 0 Å². The highest BCUT2D eigenvalue weighted by atomic mass is 16.5. The molecule has 174 valence electrons. The number of carbonyl (C=O) groups excluding carboxylic acids is 1. The van der Waals surface area contributed by atoms with Crippen molar-refractivity contribution >= 4 is 5.91 Å². The number of likely N-dealkylation sites (N-methyl/N-ethyl adjacent to an activating group) is 1. The molecule has 4 nitrogen and oxygen atoms in total. The Morgan fingerprint density at radius 1 is 1.03 bits per heavy atom.